The lowest BCUT2D eigenvalue weighted by Gasteiger charge is -2.33. The summed E-state index contributed by atoms with van der Waals surface area (Å²) in [7, 11) is 1.70. The molecule has 0 aromatic heterocycles. The summed E-state index contributed by atoms with van der Waals surface area (Å²) in [4.78, 5) is 2.54. The van der Waals surface area contributed by atoms with E-state index in [2.05, 4.69) is 70.0 Å². The van der Waals surface area contributed by atoms with Gasteiger partial charge in [-0.3, -0.25) is 4.90 Å². The molecule has 3 aromatic carbocycles. The van der Waals surface area contributed by atoms with Gasteiger partial charge in [-0.05, 0) is 28.8 Å². The number of nitrogens with zero attached hydrogens (tertiary/aromatic N) is 2. The molecule has 5 nitrogen and oxygen atoms in total. The van der Waals surface area contributed by atoms with Crippen molar-refractivity contribution in [2.45, 2.75) is 25.6 Å². The summed E-state index contributed by atoms with van der Waals surface area (Å²) in [6, 6.07) is 27.3. The van der Waals surface area contributed by atoms with Crippen LogP contribution in [-0.4, -0.2) is 30.8 Å². The average Bonchev–Trinajstić information content (AvgIpc) is 3.27. The number of piperidine rings is 1. The van der Waals surface area contributed by atoms with Gasteiger partial charge in [-0.15, -0.1) is 0 Å². The number of rotatable bonds is 7. The Kier molecular flexibility index (Phi) is 6.08. The summed E-state index contributed by atoms with van der Waals surface area (Å²) in [6.45, 7) is 3.55. The molecule has 0 amide bonds. The van der Waals surface area contributed by atoms with Crippen LogP contribution in [-0.2, 0) is 13.2 Å². The average molecular weight is 428 g/mol. The zero-order valence-electron chi connectivity index (χ0n) is 18.4. The lowest BCUT2D eigenvalue weighted by molar-refractivity contribution is 0.220. The first-order valence-corrected chi connectivity index (χ1v) is 11.2. The first-order valence-electron chi connectivity index (χ1n) is 11.2. The summed E-state index contributed by atoms with van der Waals surface area (Å²) in [5.41, 5.74) is 8.35. The van der Waals surface area contributed by atoms with Crippen molar-refractivity contribution >= 4 is 5.71 Å². The second kappa shape index (κ2) is 9.45. The smallest absolute Gasteiger partial charge is 0.161 e. The SMILES string of the molecule is COc1cc(C2NN=C3CCN(Cc4ccccc4)CC32)ccc1OCc1ccccc1. The molecule has 2 atom stereocenters. The van der Waals surface area contributed by atoms with E-state index >= 15 is 0 Å². The maximum atomic E-state index is 6.04. The maximum absolute atomic E-state index is 6.04. The van der Waals surface area contributed by atoms with Crippen LogP contribution in [0.2, 0.25) is 0 Å². The molecule has 3 aromatic rings. The molecule has 1 saturated heterocycles. The van der Waals surface area contributed by atoms with Crippen molar-refractivity contribution in [3.63, 3.8) is 0 Å². The quantitative estimate of drug-likeness (QED) is 0.589. The summed E-state index contributed by atoms with van der Waals surface area (Å²) in [5, 5.41) is 4.68. The Morgan fingerprint density at radius 3 is 2.44 bits per heavy atom. The molecule has 0 radical (unpaired) electrons. The number of fused-ring (bicyclic) bond motifs is 1. The molecule has 32 heavy (non-hydrogen) atoms. The summed E-state index contributed by atoms with van der Waals surface area (Å²) >= 11 is 0. The highest BCUT2D eigenvalue weighted by Gasteiger charge is 2.37. The van der Waals surface area contributed by atoms with E-state index < -0.39 is 0 Å². The number of hydrazone groups is 1. The molecular formula is C27H29N3O2. The van der Waals surface area contributed by atoms with Gasteiger partial charge in [-0.1, -0.05) is 66.7 Å². The Morgan fingerprint density at radius 2 is 1.69 bits per heavy atom. The zero-order chi connectivity index (χ0) is 21.8. The van der Waals surface area contributed by atoms with Crippen molar-refractivity contribution < 1.29 is 9.47 Å². The monoisotopic (exact) mass is 427 g/mol. The van der Waals surface area contributed by atoms with Gasteiger partial charge in [0, 0.05) is 37.7 Å². The van der Waals surface area contributed by atoms with Gasteiger partial charge in [0.15, 0.2) is 11.5 Å². The van der Waals surface area contributed by atoms with Gasteiger partial charge in [0.1, 0.15) is 6.61 Å². The lowest BCUT2D eigenvalue weighted by atomic mass is 9.86. The Hall–Kier alpha value is -3.31. The summed E-state index contributed by atoms with van der Waals surface area (Å²) < 4.78 is 11.7. The summed E-state index contributed by atoms with van der Waals surface area (Å²) in [6.07, 6.45) is 1.01. The Morgan fingerprint density at radius 1 is 0.938 bits per heavy atom. The molecule has 0 bridgehead atoms. The minimum atomic E-state index is 0.153. The van der Waals surface area contributed by atoms with Gasteiger partial charge in [-0.2, -0.15) is 5.10 Å². The van der Waals surface area contributed by atoms with Crippen molar-refractivity contribution in [2.75, 3.05) is 20.2 Å². The fourth-order valence-corrected chi connectivity index (χ4v) is 4.64. The van der Waals surface area contributed by atoms with Gasteiger partial charge in [0.2, 0.25) is 0 Å². The van der Waals surface area contributed by atoms with Crippen LogP contribution in [0.4, 0.5) is 0 Å². The van der Waals surface area contributed by atoms with Crippen LogP contribution >= 0.6 is 0 Å². The number of methoxy groups -OCH3 is 1. The molecule has 0 saturated carbocycles. The van der Waals surface area contributed by atoms with Crippen LogP contribution in [0.25, 0.3) is 0 Å². The first-order chi connectivity index (χ1) is 15.8. The predicted molar refractivity (Wildman–Crippen MR) is 127 cm³/mol. The Labute approximate surface area is 189 Å². The van der Waals surface area contributed by atoms with Crippen molar-refractivity contribution in [2.24, 2.45) is 11.0 Å². The largest absolute Gasteiger partial charge is 0.493 e. The van der Waals surface area contributed by atoms with Gasteiger partial charge >= 0.3 is 0 Å². The predicted octanol–water partition coefficient (Wildman–Crippen LogP) is 4.80. The molecule has 2 aliphatic heterocycles. The van der Waals surface area contributed by atoms with E-state index in [1.54, 1.807) is 7.11 Å². The number of likely N-dealkylation sites (tertiary alicyclic amines) is 1. The molecule has 0 aliphatic carbocycles. The van der Waals surface area contributed by atoms with Gasteiger partial charge < -0.3 is 14.9 Å². The summed E-state index contributed by atoms with van der Waals surface area (Å²) in [5.74, 6) is 1.88. The minimum Gasteiger partial charge on any atom is -0.493 e. The highest BCUT2D eigenvalue weighted by molar-refractivity contribution is 5.90. The van der Waals surface area contributed by atoms with E-state index in [9.17, 15) is 0 Å². The molecular weight excluding hydrogens is 398 g/mol. The number of nitrogens with one attached hydrogen (secondary N) is 1. The molecule has 164 valence electrons. The van der Waals surface area contributed by atoms with E-state index in [0.717, 1.165) is 43.1 Å². The minimum absolute atomic E-state index is 0.153. The van der Waals surface area contributed by atoms with Gasteiger partial charge in [0.25, 0.3) is 0 Å². The maximum Gasteiger partial charge on any atom is 0.161 e. The normalized spacial score (nSPS) is 20.2. The van der Waals surface area contributed by atoms with Crippen LogP contribution < -0.4 is 14.9 Å². The third-order valence-corrected chi connectivity index (χ3v) is 6.35. The van der Waals surface area contributed by atoms with Crippen LogP contribution in [0.15, 0.2) is 84.0 Å². The Balaban J connectivity index is 1.28. The molecule has 2 aliphatic rings. The molecule has 2 heterocycles. The highest BCUT2D eigenvalue weighted by atomic mass is 16.5. The van der Waals surface area contributed by atoms with Crippen LogP contribution in [0.5, 0.6) is 11.5 Å². The standard InChI is InChI=1S/C27H29N3O2/c1-31-26-16-22(12-13-25(26)32-19-21-10-6-3-7-11-21)27-23-18-30(15-14-24(23)28-29-27)17-20-8-4-2-5-9-20/h2-13,16,23,27,29H,14-15,17-19H2,1H3. The van der Waals surface area contributed by atoms with Crippen molar-refractivity contribution in [3.8, 4) is 11.5 Å². The fraction of sp³-hybridized carbons (Fsp3) is 0.296. The molecule has 0 spiro atoms. The van der Waals surface area contributed by atoms with Crippen molar-refractivity contribution in [1.82, 2.24) is 10.3 Å². The van der Waals surface area contributed by atoms with E-state index in [1.165, 1.54) is 16.8 Å². The van der Waals surface area contributed by atoms with E-state index in [-0.39, 0.29) is 6.04 Å². The number of hydrogen-bond acceptors (Lipinski definition) is 5. The third kappa shape index (κ3) is 4.48. The van der Waals surface area contributed by atoms with E-state index in [4.69, 9.17) is 9.47 Å². The van der Waals surface area contributed by atoms with Crippen molar-refractivity contribution in [1.29, 1.82) is 0 Å². The first kappa shape index (κ1) is 20.6. The van der Waals surface area contributed by atoms with Gasteiger partial charge in [-0.25, -0.2) is 0 Å². The third-order valence-electron chi connectivity index (χ3n) is 6.35. The van der Waals surface area contributed by atoms with Crippen LogP contribution in [0, 0.1) is 5.92 Å². The Bertz CT molecular complexity index is 1070. The number of hydrogen-bond donors (Lipinski definition) is 1. The second-order valence-corrected chi connectivity index (χ2v) is 8.47. The fourth-order valence-electron chi connectivity index (χ4n) is 4.64. The lowest BCUT2D eigenvalue weighted by Crippen LogP contribution is -2.41. The molecule has 1 fully saturated rings. The molecule has 5 rings (SSSR count). The van der Waals surface area contributed by atoms with Crippen LogP contribution in [0.3, 0.4) is 0 Å². The number of benzene rings is 3. The number of ether oxygens (including phenoxy) is 2. The zero-order valence-corrected chi connectivity index (χ0v) is 18.4. The highest BCUT2D eigenvalue weighted by Crippen LogP contribution is 2.37. The molecule has 2 unspecified atom stereocenters. The molecule has 1 N–H and O–H groups in total. The van der Waals surface area contributed by atoms with E-state index in [1.807, 2.05) is 24.3 Å². The second-order valence-electron chi connectivity index (χ2n) is 8.47. The van der Waals surface area contributed by atoms with Crippen molar-refractivity contribution in [3.05, 3.63) is 95.6 Å². The van der Waals surface area contributed by atoms with E-state index in [0.29, 0.717) is 12.5 Å². The molecule has 5 heteroatoms. The topological polar surface area (TPSA) is 46.1 Å². The van der Waals surface area contributed by atoms with Crippen LogP contribution in [0.1, 0.15) is 29.2 Å². The van der Waals surface area contributed by atoms with Gasteiger partial charge in [0.05, 0.1) is 13.2 Å².